The zero-order valence-electron chi connectivity index (χ0n) is 11.6. The van der Waals surface area contributed by atoms with E-state index < -0.39 is 0 Å². The molecule has 0 saturated carbocycles. The van der Waals surface area contributed by atoms with Gasteiger partial charge in [0, 0.05) is 11.9 Å². The Balaban J connectivity index is 2.10. The summed E-state index contributed by atoms with van der Waals surface area (Å²) in [4.78, 5) is 4.44. The van der Waals surface area contributed by atoms with Crippen LogP contribution in [0.25, 0.3) is 10.8 Å². The molecule has 2 aromatic carbocycles. The summed E-state index contributed by atoms with van der Waals surface area (Å²) in [6.07, 6.45) is 0. The Bertz CT molecular complexity index is 802. The molecule has 0 radical (unpaired) electrons. The Kier molecular flexibility index (Phi) is 3.54. The molecule has 0 saturated heterocycles. The van der Waals surface area contributed by atoms with Crippen LogP contribution in [-0.2, 0) is 6.54 Å². The highest BCUT2D eigenvalue weighted by atomic mass is 19.1. The van der Waals surface area contributed by atoms with E-state index in [1.165, 1.54) is 12.1 Å². The molecule has 3 nitrogen and oxygen atoms in total. The molecule has 0 bridgehead atoms. The van der Waals surface area contributed by atoms with Crippen molar-refractivity contribution >= 4 is 10.8 Å². The monoisotopic (exact) mass is 282 g/mol. The molecule has 0 atom stereocenters. The van der Waals surface area contributed by atoms with E-state index in [9.17, 15) is 4.39 Å². The number of pyridine rings is 1. The zero-order chi connectivity index (χ0) is 14.8. The number of hydrogen-bond donors (Lipinski definition) is 1. The first kappa shape index (κ1) is 13.5. The number of nitrogens with two attached hydrogens (primary N) is 1. The fourth-order valence-corrected chi connectivity index (χ4v) is 2.23. The summed E-state index contributed by atoms with van der Waals surface area (Å²) >= 11 is 0. The maximum Gasteiger partial charge on any atom is 0.227 e. The van der Waals surface area contributed by atoms with E-state index in [2.05, 4.69) is 4.98 Å². The summed E-state index contributed by atoms with van der Waals surface area (Å²) in [6, 6.07) is 14.2. The first-order chi connectivity index (χ1) is 10.2. The quantitative estimate of drug-likeness (QED) is 0.791. The molecule has 0 amide bonds. The lowest BCUT2D eigenvalue weighted by atomic mass is 10.1. The third-order valence-corrected chi connectivity index (χ3v) is 3.31. The van der Waals surface area contributed by atoms with E-state index in [0.717, 1.165) is 22.0 Å². The maximum atomic E-state index is 13.2. The summed E-state index contributed by atoms with van der Waals surface area (Å²) in [5.74, 6) is 0.792. The van der Waals surface area contributed by atoms with Gasteiger partial charge in [0.2, 0.25) is 5.88 Å². The predicted octanol–water partition coefficient (Wildman–Crippen LogP) is 3.93. The molecule has 21 heavy (non-hydrogen) atoms. The molecule has 0 spiro atoms. The Labute approximate surface area is 122 Å². The van der Waals surface area contributed by atoms with Gasteiger partial charge in [0.1, 0.15) is 11.6 Å². The summed E-state index contributed by atoms with van der Waals surface area (Å²) in [5.41, 5.74) is 7.16. The van der Waals surface area contributed by atoms with Crippen molar-refractivity contribution < 1.29 is 9.13 Å². The second-order valence-electron chi connectivity index (χ2n) is 4.86. The maximum absolute atomic E-state index is 13.2. The van der Waals surface area contributed by atoms with Crippen molar-refractivity contribution in [1.29, 1.82) is 0 Å². The number of rotatable bonds is 3. The van der Waals surface area contributed by atoms with Crippen molar-refractivity contribution in [3.63, 3.8) is 0 Å². The minimum Gasteiger partial charge on any atom is -0.438 e. The minimum atomic E-state index is -0.284. The van der Waals surface area contributed by atoms with E-state index in [4.69, 9.17) is 10.5 Å². The van der Waals surface area contributed by atoms with Gasteiger partial charge in [-0.2, -0.15) is 0 Å². The van der Waals surface area contributed by atoms with Crippen molar-refractivity contribution in [1.82, 2.24) is 4.98 Å². The number of hydrogen-bond acceptors (Lipinski definition) is 3. The lowest BCUT2D eigenvalue weighted by molar-refractivity contribution is 0.461. The Morgan fingerprint density at radius 3 is 2.71 bits per heavy atom. The van der Waals surface area contributed by atoms with Crippen LogP contribution in [0.4, 0.5) is 4.39 Å². The van der Waals surface area contributed by atoms with Crippen LogP contribution in [0, 0.1) is 12.7 Å². The van der Waals surface area contributed by atoms with Crippen LogP contribution in [0.3, 0.4) is 0 Å². The molecule has 2 N–H and O–H groups in total. The van der Waals surface area contributed by atoms with Gasteiger partial charge in [-0.1, -0.05) is 18.2 Å². The van der Waals surface area contributed by atoms with Crippen molar-refractivity contribution in [2.75, 3.05) is 0 Å². The molecule has 3 rings (SSSR count). The van der Waals surface area contributed by atoms with Gasteiger partial charge >= 0.3 is 0 Å². The van der Waals surface area contributed by atoms with Gasteiger partial charge in [0.05, 0.1) is 5.69 Å². The van der Waals surface area contributed by atoms with Gasteiger partial charge in [0.15, 0.2) is 0 Å². The second kappa shape index (κ2) is 5.50. The molecule has 1 aromatic heterocycles. The second-order valence-corrected chi connectivity index (χ2v) is 4.86. The molecular formula is C17H15FN2O. The number of halogens is 1. The standard InChI is InChI=1S/C17H15FN2O/c1-11-8-13(18)6-7-16(11)21-17-15-5-3-2-4-12(15)9-14(10-19)20-17/h2-9H,10,19H2,1H3. The smallest absolute Gasteiger partial charge is 0.227 e. The molecule has 0 aliphatic carbocycles. The normalized spacial score (nSPS) is 10.8. The SMILES string of the molecule is Cc1cc(F)ccc1Oc1nc(CN)cc2ccccc12. The van der Waals surface area contributed by atoms with E-state index in [0.29, 0.717) is 18.2 Å². The van der Waals surface area contributed by atoms with Crippen LogP contribution in [0.5, 0.6) is 11.6 Å². The van der Waals surface area contributed by atoms with Crippen LogP contribution in [0.1, 0.15) is 11.3 Å². The van der Waals surface area contributed by atoms with Crippen LogP contribution in [-0.4, -0.2) is 4.98 Å². The minimum absolute atomic E-state index is 0.284. The molecular weight excluding hydrogens is 267 g/mol. The van der Waals surface area contributed by atoms with Gasteiger partial charge in [0.25, 0.3) is 0 Å². The number of aryl methyl sites for hydroxylation is 1. The van der Waals surface area contributed by atoms with Gasteiger partial charge in [-0.25, -0.2) is 9.37 Å². The molecule has 0 fully saturated rings. The van der Waals surface area contributed by atoms with Crippen molar-refractivity contribution in [3.8, 4) is 11.6 Å². The van der Waals surface area contributed by atoms with Gasteiger partial charge in [-0.15, -0.1) is 0 Å². The molecule has 0 unspecified atom stereocenters. The van der Waals surface area contributed by atoms with Crippen molar-refractivity contribution in [2.24, 2.45) is 5.73 Å². The molecule has 1 heterocycles. The van der Waals surface area contributed by atoms with Crippen molar-refractivity contribution in [3.05, 3.63) is 65.6 Å². The summed E-state index contributed by atoms with van der Waals surface area (Å²) in [5, 5.41) is 1.92. The van der Waals surface area contributed by atoms with Crippen LogP contribution < -0.4 is 10.5 Å². The van der Waals surface area contributed by atoms with E-state index in [1.807, 2.05) is 30.3 Å². The van der Waals surface area contributed by atoms with Gasteiger partial charge in [-0.3, -0.25) is 0 Å². The van der Waals surface area contributed by atoms with E-state index in [-0.39, 0.29) is 5.82 Å². The van der Waals surface area contributed by atoms with Gasteiger partial charge in [-0.05, 0) is 48.2 Å². The molecule has 4 heteroatoms. The van der Waals surface area contributed by atoms with E-state index >= 15 is 0 Å². The number of aromatic nitrogens is 1. The van der Waals surface area contributed by atoms with Crippen LogP contribution in [0.15, 0.2) is 48.5 Å². The topological polar surface area (TPSA) is 48.1 Å². The Morgan fingerprint density at radius 2 is 1.95 bits per heavy atom. The lowest BCUT2D eigenvalue weighted by Crippen LogP contribution is -2.01. The largest absolute Gasteiger partial charge is 0.438 e. The van der Waals surface area contributed by atoms with Crippen LogP contribution >= 0.6 is 0 Å². The molecule has 0 aliphatic heterocycles. The van der Waals surface area contributed by atoms with Gasteiger partial charge < -0.3 is 10.5 Å². The molecule has 106 valence electrons. The number of ether oxygens (including phenoxy) is 1. The average Bonchev–Trinajstić information content (AvgIpc) is 2.49. The summed E-state index contributed by atoms with van der Waals surface area (Å²) in [6.45, 7) is 2.14. The Hall–Kier alpha value is -2.46. The average molecular weight is 282 g/mol. The fourth-order valence-electron chi connectivity index (χ4n) is 2.23. The zero-order valence-corrected chi connectivity index (χ0v) is 11.6. The number of fused-ring (bicyclic) bond motifs is 1. The first-order valence-electron chi connectivity index (χ1n) is 6.70. The lowest BCUT2D eigenvalue weighted by Gasteiger charge is -2.11. The predicted molar refractivity (Wildman–Crippen MR) is 80.8 cm³/mol. The number of benzene rings is 2. The highest BCUT2D eigenvalue weighted by Gasteiger charge is 2.09. The third kappa shape index (κ3) is 2.71. The highest BCUT2D eigenvalue weighted by Crippen LogP contribution is 2.30. The summed E-state index contributed by atoms with van der Waals surface area (Å²) in [7, 11) is 0. The molecule has 0 aliphatic rings. The first-order valence-corrected chi connectivity index (χ1v) is 6.70. The van der Waals surface area contributed by atoms with Crippen LogP contribution in [0.2, 0.25) is 0 Å². The fraction of sp³-hybridized carbons (Fsp3) is 0.118. The Morgan fingerprint density at radius 1 is 1.14 bits per heavy atom. The molecule has 3 aromatic rings. The highest BCUT2D eigenvalue weighted by molar-refractivity contribution is 5.87. The summed E-state index contributed by atoms with van der Waals surface area (Å²) < 4.78 is 19.1. The van der Waals surface area contributed by atoms with Crippen molar-refractivity contribution in [2.45, 2.75) is 13.5 Å². The number of nitrogens with zero attached hydrogens (tertiary/aromatic N) is 1. The van der Waals surface area contributed by atoms with E-state index in [1.54, 1.807) is 13.0 Å². The third-order valence-electron chi connectivity index (χ3n) is 3.31.